The van der Waals surface area contributed by atoms with Gasteiger partial charge in [-0.1, -0.05) is 30.3 Å². The molecule has 0 spiro atoms. The first kappa shape index (κ1) is 19.1. The van der Waals surface area contributed by atoms with Gasteiger partial charge in [-0.2, -0.15) is 0 Å². The lowest BCUT2D eigenvalue weighted by molar-refractivity contribution is -0.0859. The third kappa shape index (κ3) is 2.63. The molecule has 0 N–H and O–H groups in total. The van der Waals surface area contributed by atoms with Crippen LogP contribution in [0.25, 0.3) is 0 Å². The van der Waals surface area contributed by atoms with Crippen molar-refractivity contribution in [3.8, 4) is 5.75 Å². The van der Waals surface area contributed by atoms with E-state index in [-0.39, 0.29) is 35.4 Å². The number of amides is 1. The van der Waals surface area contributed by atoms with Gasteiger partial charge in [-0.05, 0) is 61.4 Å². The average molecular weight is 505 g/mol. The maximum absolute atomic E-state index is 13.7. The smallest absolute Gasteiger partial charge is 0.276 e. The summed E-state index contributed by atoms with van der Waals surface area (Å²) < 4.78 is 8.85. The van der Waals surface area contributed by atoms with Crippen molar-refractivity contribution in [2.24, 2.45) is 0 Å². The molecule has 6 nitrogen and oxygen atoms in total. The van der Waals surface area contributed by atoms with Crippen molar-refractivity contribution in [3.63, 3.8) is 0 Å². The van der Waals surface area contributed by atoms with E-state index in [0.29, 0.717) is 15.8 Å². The molecule has 1 fully saturated rings. The van der Waals surface area contributed by atoms with E-state index in [1.807, 2.05) is 35.2 Å². The third-order valence-electron chi connectivity index (χ3n) is 6.87. The minimum Gasteiger partial charge on any atom is -0.483 e. The molecule has 3 aliphatic heterocycles. The number of pyridine rings is 1. The van der Waals surface area contributed by atoms with Gasteiger partial charge in [-0.3, -0.25) is 14.5 Å². The third-order valence-corrected chi connectivity index (χ3v) is 7.98. The van der Waals surface area contributed by atoms with E-state index in [2.05, 4.69) is 46.0 Å². The predicted octanol–water partition coefficient (Wildman–Crippen LogP) is 3.03. The van der Waals surface area contributed by atoms with Crippen LogP contribution >= 0.6 is 22.6 Å². The Kier molecular flexibility index (Phi) is 4.51. The van der Waals surface area contributed by atoms with Crippen LogP contribution in [-0.4, -0.2) is 46.1 Å². The highest BCUT2D eigenvalue weighted by Crippen LogP contribution is 2.48. The van der Waals surface area contributed by atoms with E-state index in [9.17, 15) is 9.59 Å². The molecule has 5 rings (SSSR count). The number of ether oxygens (including phenoxy) is 1. The van der Waals surface area contributed by atoms with Gasteiger partial charge in [-0.15, -0.1) is 0 Å². The predicted molar refractivity (Wildman–Crippen MR) is 118 cm³/mol. The molecule has 29 heavy (non-hydrogen) atoms. The first-order valence-corrected chi connectivity index (χ1v) is 11.2. The van der Waals surface area contributed by atoms with E-state index in [0.717, 1.165) is 37.1 Å². The molecule has 4 heterocycles. The quantitative estimate of drug-likeness (QED) is 0.603. The molecular weight excluding hydrogens is 481 g/mol. The Hall–Kier alpha value is -1.87. The summed E-state index contributed by atoms with van der Waals surface area (Å²) in [4.78, 5) is 31.1. The lowest BCUT2D eigenvalue weighted by Gasteiger charge is -2.57. The minimum atomic E-state index is -0.373. The molecule has 2 atom stereocenters. The van der Waals surface area contributed by atoms with Crippen molar-refractivity contribution in [1.29, 1.82) is 0 Å². The first-order valence-electron chi connectivity index (χ1n) is 10.1. The molecule has 0 bridgehead atoms. The highest BCUT2D eigenvalue weighted by atomic mass is 127. The van der Waals surface area contributed by atoms with Gasteiger partial charge in [0.2, 0.25) is 5.43 Å². The van der Waals surface area contributed by atoms with Crippen LogP contribution in [0, 0.1) is 3.57 Å². The fourth-order valence-corrected chi connectivity index (χ4v) is 6.02. The zero-order valence-corrected chi connectivity index (χ0v) is 18.8. The van der Waals surface area contributed by atoms with Crippen LogP contribution in [0.4, 0.5) is 0 Å². The summed E-state index contributed by atoms with van der Waals surface area (Å²) in [6.45, 7) is 4.12. The maximum Gasteiger partial charge on any atom is 0.276 e. The molecule has 3 aliphatic rings. The number of carbonyl (C=O) groups excluding carboxylic acids is 1. The Bertz CT molecular complexity index is 1050. The summed E-state index contributed by atoms with van der Waals surface area (Å²) in [7, 11) is 2.10. The summed E-state index contributed by atoms with van der Waals surface area (Å²) in [6, 6.07) is 9.88. The summed E-state index contributed by atoms with van der Waals surface area (Å²) in [5.74, 6) is 0.115. The molecule has 7 heteroatoms. The molecule has 152 valence electrons. The number of aromatic nitrogens is 1. The number of rotatable bonds is 3. The van der Waals surface area contributed by atoms with Gasteiger partial charge in [0, 0.05) is 18.8 Å². The molecular formula is C22H24IN3O3. The number of likely N-dealkylation sites (N-methyl/N-ethyl adjacent to an activating group) is 1. The number of hydrogen-bond acceptors (Lipinski definition) is 4. The number of benzene rings is 1. The summed E-state index contributed by atoms with van der Waals surface area (Å²) >= 11 is 2.13. The Morgan fingerprint density at radius 1 is 1.21 bits per heavy atom. The van der Waals surface area contributed by atoms with Crippen LogP contribution in [0.1, 0.15) is 47.6 Å². The van der Waals surface area contributed by atoms with Gasteiger partial charge >= 0.3 is 0 Å². The van der Waals surface area contributed by atoms with Crippen LogP contribution in [0.15, 0.2) is 35.1 Å². The van der Waals surface area contributed by atoms with Gasteiger partial charge in [-0.25, -0.2) is 0 Å². The molecule has 2 aromatic rings. The minimum absolute atomic E-state index is 0.0880. The van der Waals surface area contributed by atoms with E-state index < -0.39 is 0 Å². The number of nitrogens with zero attached hydrogens (tertiary/aromatic N) is 3. The molecule has 0 radical (unpaired) electrons. The number of fused-ring (bicyclic) bond motifs is 2. The van der Waals surface area contributed by atoms with E-state index in [1.54, 1.807) is 0 Å². The number of hydrogen-bond donors (Lipinski definition) is 0. The zero-order chi connectivity index (χ0) is 20.3. The topological polar surface area (TPSA) is 54.8 Å². The van der Waals surface area contributed by atoms with Crippen LogP contribution < -0.4 is 10.2 Å². The SMILES string of the molecule is CN1CCCN2C(=O)c3c(OCc4ccccc4)c(=O)c(I)c4n3C(CC4)C12C. The second-order valence-electron chi connectivity index (χ2n) is 8.29. The van der Waals surface area contributed by atoms with Gasteiger partial charge in [0.1, 0.15) is 12.3 Å². The van der Waals surface area contributed by atoms with E-state index >= 15 is 0 Å². The normalized spacial score (nSPS) is 25.7. The van der Waals surface area contributed by atoms with E-state index in [4.69, 9.17) is 4.74 Å². The monoisotopic (exact) mass is 505 g/mol. The summed E-state index contributed by atoms with van der Waals surface area (Å²) in [5, 5.41) is 0. The lowest BCUT2D eigenvalue weighted by atomic mass is 9.90. The molecule has 2 unspecified atom stereocenters. The van der Waals surface area contributed by atoms with E-state index in [1.165, 1.54) is 0 Å². The van der Waals surface area contributed by atoms with Crippen LogP contribution in [-0.2, 0) is 13.0 Å². The van der Waals surface area contributed by atoms with Crippen molar-refractivity contribution in [3.05, 3.63) is 61.1 Å². The van der Waals surface area contributed by atoms with Crippen molar-refractivity contribution in [2.75, 3.05) is 20.1 Å². The highest BCUT2D eigenvalue weighted by molar-refractivity contribution is 14.1. The Morgan fingerprint density at radius 2 is 1.97 bits per heavy atom. The summed E-state index contributed by atoms with van der Waals surface area (Å²) in [5.41, 5.74) is 1.86. The van der Waals surface area contributed by atoms with Crippen molar-refractivity contribution in [1.82, 2.24) is 14.4 Å². The second kappa shape index (κ2) is 6.84. The van der Waals surface area contributed by atoms with Crippen LogP contribution in [0.3, 0.4) is 0 Å². The molecule has 1 saturated heterocycles. The van der Waals surface area contributed by atoms with Gasteiger partial charge in [0.15, 0.2) is 11.4 Å². The fraction of sp³-hybridized carbons (Fsp3) is 0.455. The van der Waals surface area contributed by atoms with Crippen molar-refractivity contribution < 1.29 is 9.53 Å². The first-order chi connectivity index (χ1) is 13.9. The Balaban J connectivity index is 1.67. The highest BCUT2D eigenvalue weighted by Gasteiger charge is 2.55. The largest absolute Gasteiger partial charge is 0.483 e. The number of halogens is 1. The number of carbonyl (C=O) groups is 1. The molecule has 1 aromatic heterocycles. The van der Waals surface area contributed by atoms with Crippen molar-refractivity contribution in [2.45, 2.75) is 44.5 Å². The molecule has 1 aromatic carbocycles. The molecule has 1 amide bonds. The van der Waals surface area contributed by atoms with Gasteiger partial charge < -0.3 is 14.2 Å². The lowest BCUT2D eigenvalue weighted by Crippen LogP contribution is -2.69. The fourth-order valence-electron chi connectivity index (χ4n) is 5.24. The Labute approximate surface area is 183 Å². The Morgan fingerprint density at radius 3 is 2.72 bits per heavy atom. The van der Waals surface area contributed by atoms with Crippen molar-refractivity contribution >= 4 is 28.5 Å². The van der Waals surface area contributed by atoms with Gasteiger partial charge in [0.05, 0.1) is 9.61 Å². The maximum atomic E-state index is 13.7. The molecule has 0 saturated carbocycles. The zero-order valence-electron chi connectivity index (χ0n) is 16.7. The van der Waals surface area contributed by atoms with Crippen LogP contribution in [0.2, 0.25) is 0 Å². The average Bonchev–Trinajstić information content (AvgIpc) is 3.17. The molecule has 0 aliphatic carbocycles. The standard InChI is InChI=1S/C22H24IN3O3/c1-22-16-10-9-15-17(23)19(27)20(29-13-14-7-4-3-5-8-14)18(26(15)16)21(28)25(22)12-6-11-24(22)2/h3-5,7-8,16H,6,9-13H2,1-2H3. The summed E-state index contributed by atoms with van der Waals surface area (Å²) in [6.07, 6.45) is 2.68. The van der Waals surface area contributed by atoms with Crippen LogP contribution in [0.5, 0.6) is 5.75 Å². The van der Waals surface area contributed by atoms with Gasteiger partial charge in [0.25, 0.3) is 5.91 Å². The second-order valence-corrected chi connectivity index (χ2v) is 9.37.